The summed E-state index contributed by atoms with van der Waals surface area (Å²) >= 11 is 1.71. The Morgan fingerprint density at radius 2 is 2.18 bits per heavy atom. The first-order valence-electron chi connectivity index (χ1n) is 7.12. The Morgan fingerprint density at radius 3 is 3.00 bits per heavy atom. The van der Waals surface area contributed by atoms with E-state index in [2.05, 4.69) is 11.4 Å². The van der Waals surface area contributed by atoms with Crippen LogP contribution in [0.15, 0.2) is 35.7 Å². The highest BCUT2D eigenvalue weighted by atomic mass is 32.1. The molecule has 2 heterocycles. The third-order valence-corrected chi connectivity index (χ3v) is 4.37. The van der Waals surface area contributed by atoms with Crippen LogP contribution in [0.3, 0.4) is 0 Å². The van der Waals surface area contributed by atoms with Gasteiger partial charge in [0.1, 0.15) is 0 Å². The Bertz CT molecular complexity index is 643. The summed E-state index contributed by atoms with van der Waals surface area (Å²) < 4.78 is 10.6. The monoisotopic (exact) mass is 318 g/mol. The van der Waals surface area contributed by atoms with Gasteiger partial charge in [0, 0.05) is 25.0 Å². The summed E-state index contributed by atoms with van der Waals surface area (Å²) in [6.45, 7) is 1.43. The summed E-state index contributed by atoms with van der Waals surface area (Å²) in [5.41, 5.74) is 1.01. The van der Waals surface area contributed by atoms with E-state index in [-0.39, 0.29) is 12.8 Å². The largest absolute Gasteiger partial charge is 0.454 e. The van der Waals surface area contributed by atoms with Crippen LogP contribution >= 0.6 is 11.3 Å². The third kappa shape index (κ3) is 3.51. The fraction of sp³-hybridized carbons (Fsp3) is 0.312. The number of ether oxygens (including phenoxy) is 2. The maximum atomic E-state index is 12.1. The standard InChI is InChI=1S/C16H18N2O3S/c1-18(16(19)17-7-6-13-3-2-8-22-13)10-12-4-5-14-15(9-12)21-11-20-14/h2-5,8-9H,6-7,10-11H2,1H3,(H,17,19). The molecule has 116 valence electrons. The Morgan fingerprint density at radius 1 is 1.32 bits per heavy atom. The van der Waals surface area contributed by atoms with E-state index in [9.17, 15) is 4.79 Å². The summed E-state index contributed by atoms with van der Waals surface area (Å²) in [4.78, 5) is 15.0. The summed E-state index contributed by atoms with van der Waals surface area (Å²) in [5.74, 6) is 1.50. The molecule has 2 aromatic rings. The number of rotatable bonds is 5. The second-order valence-corrected chi connectivity index (χ2v) is 6.14. The van der Waals surface area contributed by atoms with E-state index in [1.54, 1.807) is 23.3 Å². The fourth-order valence-electron chi connectivity index (χ4n) is 2.27. The molecule has 0 atom stereocenters. The van der Waals surface area contributed by atoms with Crippen LogP contribution in [0.25, 0.3) is 0 Å². The molecule has 0 spiro atoms. The lowest BCUT2D eigenvalue weighted by Crippen LogP contribution is -2.37. The van der Waals surface area contributed by atoms with Crippen molar-refractivity contribution in [3.63, 3.8) is 0 Å². The molecule has 1 aliphatic heterocycles. The van der Waals surface area contributed by atoms with Crippen LogP contribution < -0.4 is 14.8 Å². The number of fused-ring (bicyclic) bond motifs is 1. The maximum absolute atomic E-state index is 12.1. The van der Waals surface area contributed by atoms with Crippen LogP contribution in [0.4, 0.5) is 4.79 Å². The Kier molecular flexibility index (Phi) is 4.48. The van der Waals surface area contributed by atoms with Gasteiger partial charge >= 0.3 is 6.03 Å². The van der Waals surface area contributed by atoms with E-state index in [4.69, 9.17) is 9.47 Å². The topological polar surface area (TPSA) is 50.8 Å². The summed E-state index contributed by atoms with van der Waals surface area (Å²) in [7, 11) is 1.78. The van der Waals surface area contributed by atoms with Gasteiger partial charge in [0.15, 0.2) is 11.5 Å². The zero-order chi connectivity index (χ0) is 15.4. The molecule has 0 saturated carbocycles. The van der Waals surface area contributed by atoms with Gasteiger partial charge in [-0.15, -0.1) is 11.3 Å². The molecule has 0 bridgehead atoms. The average molecular weight is 318 g/mol. The van der Waals surface area contributed by atoms with Gasteiger partial charge in [-0.3, -0.25) is 0 Å². The first-order chi connectivity index (χ1) is 10.7. The smallest absolute Gasteiger partial charge is 0.317 e. The van der Waals surface area contributed by atoms with Crippen LogP contribution in [-0.4, -0.2) is 31.3 Å². The van der Waals surface area contributed by atoms with Gasteiger partial charge in [0.05, 0.1) is 0 Å². The van der Waals surface area contributed by atoms with Crippen LogP contribution in [-0.2, 0) is 13.0 Å². The molecule has 1 aromatic heterocycles. The van der Waals surface area contributed by atoms with Crippen molar-refractivity contribution in [2.45, 2.75) is 13.0 Å². The molecule has 0 fully saturated rings. The molecule has 6 heteroatoms. The van der Waals surface area contributed by atoms with Gasteiger partial charge in [-0.2, -0.15) is 0 Å². The van der Waals surface area contributed by atoms with Crippen molar-refractivity contribution in [2.75, 3.05) is 20.4 Å². The molecule has 1 aromatic carbocycles. The molecule has 1 aliphatic rings. The highest BCUT2D eigenvalue weighted by Crippen LogP contribution is 2.32. The zero-order valence-corrected chi connectivity index (χ0v) is 13.2. The predicted molar refractivity (Wildman–Crippen MR) is 85.5 cm³/mol. The van der Waals surface area contributed by atoms with Gasteiger partial charge in [0.2, 0.25) is 6.79 Å². The molecule has 0 radical (unpaired) electrons. The van der Waals surface area contributed by atoms with E-state index in [0.717, 1.165) is 23.5 Å². The van der Waals surface area contributed by atoms with Crippen LogP contribution in [0.5, 0.6) is 11.5 Å². The van der Waals surface area contributed by atoms with E-state index < -0.39 is 0 Å². The van der Waals surface area contributed by atoms with Crippen LogP contribution in [0.2, 0.25) is 0 Å². The minimum absolute atomic E-state index is 0.0748. The number of thiophene rings is 1. The van der Waals surface area contributed by atoms with E-state index >= 15 is 0 Å². The van der Waals surface area contributed by atoms with Crippen molar-refractivity contribution >= 4 is 17.4 Å². The van der Waals surface area contributed by atoms with Gasteiger partial charge in [-0.05, 0) is 35.6 Å². The fourth-order valence-corrected chi connectivity index (χ4v) is 2.98. The molecule has 1 N–H and O–H groups in total. The molecule has 5 nitrogen and oxygen atoms in total. The van der Waals surface area contributed by atoms with Gasteiger partial charge in [-0.25, -0.2) is 4.79 Å². The van der Waals surface area contributed by atoms with Crippen molar-refractivity contribution in [2.24, 2.45) is 0 Å². The predicted octanol–water partition coefficient (Wildman–Crippen LogP) is 2.86. The minimum Gasteiger partial charge on any atom is -0.454 e. The number of amides is 2. The number of carbonyl (C=O) groups is 1. The highest BCUT2D eigenvalue weighted by molar-refractivity contribution is 7.09. The SMILES string of the molecule is CN(Cc1ccc2c(c1)OCO2)C(=O)NCCc1cccs1. The lowest BCUT2D eigenvalue weighted by Gasteiger charge is -2.18. The second kappa shape index (κ2) is 6.70. The highest BCUT2D eigenvalue weighted by Gasteiger charge is 2.15. The Labute approximate surface area is 133 Å². The summed E-state index contributed by atoms with van der Waals surface area (Å²) in [5, 5.41) is 4.98. The van der Waals surface area contributed by atoms with E-state index in [1.165, 1.54) is 4.88 Å². The van der Waals surface area contributed by atoms with Crippen molar-refractivity contribution in [3.05, 3.63) is 46.2 Å². The molecule has 0 saturated heterocycles. The molecule has 0 unspecified atom stereocenters. The first-order valence-corrected chi connectivity index (χ1v) is 8.00. The molecule has 22 heavy (non-hydrogen) atoms. The Hall–Kier alpha value is -2.21. The quantitative estimate of drug-likeness (QED) is 0.922. The number of nitrogens with zero attached hydrogens (tertiary/aromatic N) is 1. The normalized spacial score (nSPS) is 12.2. The number of hydrogen-bond acceptors (Lipinski definition) is 4. The first kappa shape index (κ1) is 14.7. The number of nitrogens with one attached hydrogen (secondary N) is 1. The van der Waals surface area contributed by atoms with Gasteiger partial charge < -0.3 is 19.7 Å². The third-order valence-electron chi connectivity index (χ3n) is 3.43. The summed E-state index contributed by atoms with van der Waals surface area (Å²) in [6, 6.07) is 9.76. The molecular weight excluding hydrogens is 300 g/mol. The van der Waals surface area contributed by atoms with Crippen LogP contribution in [0.1, 0.15) is 10.4 Å². The van der Waals surface area contributed by atoms with E-state index in [1.807, 2.05) is 29.6 Å². The average Bonchev–Trinajstić information content (AvgIpc) is 3.17. The zero-order valence-electron chi connectivity index (χ0n) is 12.4. The number of benzene rings is 1. The van der Waals surface area contributed by atoms with Gasteiger partial charge in [-0.1, -0.05) is 12.1 Å². The lowest BCUT2D eigenvalue weighted by molar-refractivity contribution is 0.174. The maximum Gasteiger partial charge on any atom is 0.317 e. The lowest BCUT2D eigenvalue weighted by atomic mass is 10.2. The van der Waals surface area contributed by atoms with Crippen molar-refractivity contribution in [1.29, 1.82) is 0 Å². The molecule has 3 rings (SSSR count). The summed E-state index contributed by atoms with van der Waals surface area (Å²) in [6.07, 6.45) is 0.862. The number of urea groups is 1. The van der Waals surface area contributed by atoms with Crippen molar-refractivity contribution < 1.29 is 14.3 Å². The number of hydrogen-bond donors (Lipinski definition) is 1. The van der Waals surface area contributed by atoms with Crippen molar-refractivity contribution in [3.8, 4) is 11.5 Å². The van der Waals surface area contributed by atoms with E-state index in [0.29, 0.717) is 13.1 Å². The van der Waals surface area contributed by atoms with Crippen LogP contribution in [0, 0.1) is 0 Å². The molecular formula is C16H18N2O3S. The molecule has 2 amide bonds. The minimum atomic E-state index is -0.0748. The van der Waals surface area contributed by atoms with Gasteiger partial charge in [0.25, 0.3) is 0 Å². The number of carbonyl (C=O) groups excluding carboxylic acids is 1. The Balaban J connectivity index is 1.48. The second-order valence-electron chi connectivity index (χ2n) is 5.10. The van der Waals surface area contributed by atoms with Crippen molar-refractivity contribution in [1.82, 2.24) is 10.2 Å². The molecule has 0 aliphatic carbocycles.